The van der Waals surface area contributed by atoms with Gasteiger partial charge in [-0.15, -0.1) is 0 Å². The SMILES string of the molecule is OCCc1cc2c(cc1Cl)OCCCO2. The summed E-state index contributed by atoms with van der Waals surface area (Å²) in [4.78, 5) is 0. The summed E-state index contributed by atoms with van der Waals surface area (Å²) in [5, 5.41) is 9.49. The van der Waals surface area contributed by atoms with Gasteiger partial charge in [-0.25, -0.2) is 0 Å². The molecule has 0 saturated carbocycles. The highest BCUT2D eigenvalue weighted by atomic mass is 35.5. The van der Waals surface area contributed by atoms with Crippen LogP contribution in [0, 0.1) is 0 Å². The average Bonchev–Trinajstić information content (AvgIpc) is 2.44. The number of aliphatic hydroxyl groups is 1. The Bertz CT molecular complexity index is 352. The molecule has 3 nitrogen and oxygen atoms in total. The number of benzene rings is 1. The third-order valence-corrected chi connectivity index (χ3v) is 2.65. The molecule has 1 aromatic rings. The van der Waals surface area contributed by atoms with Crippen LogP contribution in [0.4, 0.5) is 0 Å². The van der Waals surface area contributed by atoms with Crippen LogP contribution in [-0.4, -0.2) is 24.9 Å². The van der Waals surface area contributed by atoms with Gasteiger partial charge in [0.05, 0.1) is 13.2 Å². The van der Waals surface area contributed by atoms with E-state index in [2.05, 4.69) is 0 Å². The van der Waals surface area contributed by atoms with Crippen molar-refractivity contribution in [3.63, 3.8) is 0 Å². The molecule has 1 aliphatic heterocycles. The van der Waals surface area contributed by atoms with Gasteiger partial charge in [-0.1, -0.05) is 11.6 Å². The van der Waals surface area contributed by atoms with E-state index < -0.39 is 0 Å². The van der Waals surface area contributed by atoms with Crippen LogP contribution in [0.2, 0.25) is 5.02 Å². The minimum Gasteiger partial charge on any atom is -0.490 e. The summed E-state index contributed by atoms with van der Waals surface area (Å²) in [5.41, 5.74) is 0.892. The molecule has 4 heteroatoms. The molecule has 2 rings (SSSR count). The first kappa shape index (κ1) is 10.6. The highest BCUT2D eigenvalue weighted by Gasteiger charge is 2.13. The maximum absolute atomic E-state index is 8.87. The third-order valence-electron chi connectivity index (χ3n) is 2.30. The second-order valence-corrected chi connectivity index (χ2v) is 3.82. The van der Waals surface area contributed by atoms with Gasteiger partial charge in [-0.2, -0.15) is 0 Å². The van der Waals surface area contributed by atoms with Gasteiger partial charge in [-0.3, -0.25) is 0 Å². The van der Waals surface area contributed by atoms with Crippen molar-refractivity contribution in [2.45, 2.75) is 12.8 Å². The molecule has 0 aromatic heterocycles. The van der Waals surface area contributed by atoms with Gasteiger partial charge in [0, 0.05) is 24.1 Å². The zero-order chi connectivity index (χ0) is 10.7. The van der Waals surface area contributed by atoms with E-state index in [9.17, 15) is 0 Å². The van der Waals surface area contributed by atoms with Crippen molar-refractivity contribution in [2.75, 3.05) is 19.8 Å². The van der Waals surface area contributed by atoms with Gasteiger partial charge < -0.3 is 14.6 Å². The molecule has 0 bridgehead atoms. The first-order valence-corrected chi connectivity index (χ1v) is 5.38. The third kappa shape index (κ3) is 2.36. The molecule has 82 valence electrons. The summed E-state index contributed by atoms with van der Waals surface area (Å²) < 4.78 is 11.0. The molecule has 0 fully saturated rings. The van der Waals surface area contributed by atoms with Crippen LogP contribution < -0.4 is 9.47 Å². The Hall–Kier alpha value is -0.930. The summed E-state index contributed by atoms with van der Waals surface area (Å²) in [5.74, 6) is 1.42. The van der Waals surface area contributed by atoms with E-state index in [1.54, 1.807) is 6.07 Å². The molecule has 0 atom stereocenters. The molecule has 15 heavy (non-hydrogen) atoms. The standard InChI is InChI=1S/C11H13ClO3/c12-9-7-11-10(6-8(9)2-3-13)14-4-1-5-15-11/h6-7,13H,1-5H2. The van der Waals surface area contributed by atoms with E-state index in [-0.39, 0.29) is 6.61 Å². The van der Waals surface area contributed by atoms with E-state index in [1.165, 1.54) is 0 Å². The fourth-order valence-electron chi connectivity index (χ4n) is 1.54. The Morgan fingerprint density at radius 2 is 1.87 bits per heavy atom. The van der Waals surface area contributed by atoms with E-state index in [0.29, 0.717) is 30.4 Å². The van der Waals surface area contributed by atoms with E-state index in [1.807, 2.05) is 6.07 Å². The van der Waals surface area contributed by atoms with Crippen LogP contribution in [-0.2, 0) is 6.42 Å². The number of hydrogen-bond acceptors (Lipinski definition) is 3. The lowest BCUT2D eigenvalue weighted by Crippen LogP contribution is -1.97. The normalized spacial score (nSPS) is 14.8. The second kappa shape index (κ2) is 4.73. The predicted octanol–water partition coefficient (Wildman–Crippen LogP) is 2.04. The maximum Gasteiger partial charge on any atom is 0.162 e. The topological polar surface area (TPSA) is 38.7 Å². The first-order valence-electron chi connectivity index (χ1n) is 5.00. The summed E-state index contributed by atoms with van der Waals surface area (Å²) in [6.07, 6.45) is 1.41. The highest BCUT2D eigenvalue weighted by Crippen LogP contribution is 2.35. The van der Waals surface area contributed by atoms with Crippen LogP contribution in [0.3, 0.4) is 0 Å². The van der Waals surface area contributed by atoms with Gasteiger partial charge >= 0.3 is 0 Å². The van der Waals surface area contributed by atoms with Gasteiger partial charge in [0.1, 0.15) is 0 Å². The highest BCUT2D eigenvalue weighted by molar-refractivity contribution is 6.31. The molecule has 0 spiro atoms. The largest absolute Gasteiger partial charge is 0.490 e. The molecular formula is C11H13ClO3. The van der Waals surface area contributed by atoms with Crippen LogP contribution in [0.25, 0.3) is 0 Å². The van der Waals surface area contributed by atoms with Gasteiger partial charge in [0.15, 0.2) is 11.5 Å². The minimum atomic E-state index is 0.0827. The average molecular weight is 229 g/mol. The fourth-order valence-corrected chi connectivity index (χ4v) is 1.79. The van der Waals surface area contributed by atoms with Crippen LogP contribution in [0.1, 0.15) is 12.0 Å². The Labute approximate surface area is 93.6 Å². The molecule has 0 saturated heterocycles. The van der Waals surface area contributed by atoms with E-state index in [4.69, 9.17) is 26.2 Å². The van der Waals surface area contributed by atoms with Crippen LogP contribution >= 0.6 is 11.6 Å². The van der Waals surface area contributed by atoms with Crippen molar-refractivity contribution < 1.29 is 14.6 Å². The first-order chi connectivity index (χ1) is 7.31. The monoisotopic (exact) mass is 228 g/mol. The Morgan fingerprint density at radius 1 is 1.20 bits per heavy atom. The van der Waals surface area contributed by atoms with Crippen LogP contribution in [0.5, 0.6) is 11.5 Å². The van der Waals surface area contributed by atoms with Crippen molar-refractivity contribution in [3.8, 4) is 11.5 Å². The molecule has 1 aliphatic rings. The Balaban J connectivity index is 2.33. The Morgan fingerprint density at radius 3 is 2.53 bits per heavy atom. The lowest BCUT2D eigenvalue weighted by atomic mass is 10.1. The van der Waals surface area contributed by atoms with Crippen molar-refractivity contribution in [1.82, 2.24) is 0 Å². The number of rotatable bonds is 2. The second-order valence-electron chi connectivity index (χ2n) is 3.41. The molecule has 1 N–H and O–H groups in total. The number of halogens is 1. The fraction of sp³-hybridized carbons (Fsp3) is 0.455. The predicted molar refractivity (Wildman–Crippen MR) is 57.8 cm³/mol. The molecule has 1 aromatic carbocycles. The zero-order valence-electron chi connectivity index (χ0n) is 8.33. The number of aliphatic hydroxyl groups excluding tert-OH is 1. The van der Waals surface area contributed by atoms with Crippen molar-refractivity contribution in [2.24, 2.45) is 0 Å². The summed E-state index contributed by atoms with van der Waals surface area (Å²) >= 11 is 6.05. The van der Waals surface area contributed by atoms with Crippen molar-refractivity contribution >= 4 is 11.6 Å². The van der Waals surface area contributed by atoms with Crippen molar-refractivity contribution in [1.29, 1.82) is 0 Å². The molecule has 0 aliphatic carbocycles. The quantitative estimate of drug-likeness (QED) is 0.842. The molecule has 1 heterocycles. The van der Waals surface area contributed by atoms with Gasteiger partial charge in [0.25, 0.3) is 0 Å². The minimum absolute atomic E-state index is 0.0827. The summed E-state index contributed by atoms with van der Waals surface area (Å²) in [6, 6.07) is 3.60. The van der Waals surface area contributed by atoms with Gasteiger partial charge in [0.2, 0.25) is 0 Å². The Kier molecular flexibility index (Phi) is 3.34. The number of fused-ring (bicyclic) bond motifs is 1. The van der Waals surface area contributed by atoms with E-state index >= 15 is 0 Å². The molecule has 0 amide bonds. The van der Waals surface area contributed by atoms with Gasteiger partial charge in [-0.05, 0) is 18.1 Å². The zero-order valence-corrected chi connectivity index (χ0v) is 9.09. The number of hydrogen-bond donors (Lipinski definition) is 1. The molecule has 0 unspecified atom stereocenters. The smallest absolute Gasteiger partial charge is 0.162 e. The lowest BCUT2D eigenvalue weighted by Gasteiger charge is -2.10. The summed E-state index contributed by atoms with van der Waals surface area (Å²) in [7, 11) is 0. The maximum atomic E-state index is 8.87. The van der Waals surface area contributed by atoms with Crippen LogP contribution in [0.15, 0.2) is 12.1 Å². The summed E-state index contributed by atoms with van der Waals surface area (Å²) in [6.45, 7) is 1.40. The number of ether oxygens (including phenoxy) is 2. The molecular weight excluding hydrogens is 216 g/mol. The van der Waals surface area contributed by atoms with Crippen molar-refractivity contribution in [3.05, 3.63) is 22.7 Å². The molecule has 0 radical (unpaired) electrons. The van der Waals surface area contributed by atoms with E-state index in [0.717, 1.165) is 17.7 Å². The lowest BCUT2D eigenvalue weighted by molar-refractivity contribution is 0.296.